The molecule has 18 heavy (non-hydrogen) atoms. The van der Waals surface area contributed by atoms with Crippen molar-refractivity contribution in [1.82, 2.24) is 15.3 Å². The molecule has 2 rings (SSSR count). The summed E-state index contributed by atoms with van der Waals surface area (Å²) < 4.78 is 5.94. The number of aromatic nitrogens is 2. The van der Waals surface area contributed by atoms with Crippen LogP contribution in [0.4, 0.5) is 0 Å². The van der Waals surface area contributed by atoms with E-state index < -0.39 is 0 Å². The maximum Gasteiger partial charge on any atom is 0.232 e. The van der Waals surface area contributed by atoms with Gasteiger partial charge >= 0.3 is 0 Å². The largest absolute Gasteiger partial charge is 0.473 e. The van der Waals surface area contributed by atoms with E-state index in [2.05, 4.69) is 29.1 Å². The molecule has 0 radical (unpaired) electrons. The molecule has 0 spiro atoms. The molecule has 1 aromatic rings. The summed E-state index contributed by atoms with van der Waals surface area (Å²) in [6, 6.07) is 0. The molecule has 2 unspecified atom stereocenters. The van der Waals surface area contributed by atoms with Crippen LogP contribution in [0.15, 0.2) is 12.4 Å². The summed E-state index contributed by atoms with van der Waals surface area (Å²) in [4.78, 5) is 8.64. The van der Waals surface area contributed by atoms with Crippen LogP contribution in [-0.2, 0) is 6.54 Å². The van der Waals surface area contributed by atoms with Gasteiger partial charge in [0.25, 0.3) is 0 Å². The zero-order valence-corrected chi connectivity index (χ0v) is 11.5. The molecule has 1 heterocycles. The van der Waals surface area contributed by atoms with Crippen molar-refractivity contribution in [2.75, 3.05) is 7.05 Å². The minimum absolute atomic E-state index is 0.299. The lowest BCUT2D eigenvalue weighted by molar-refractivity contribution is 0.0962. The molecule has 1 aliphatic rings. The number of hydrogen-bond acceptors (Lipinski definition) is 4. The second kappa shape index (κ2) is 6.14. The third-order valence-electron chi connectivity index (χ3n) is 3.46. The van der Waals surface area contributed by atoms with Crippen molar-refractivity contribution < 1.29 is 4.74 Å². The van der Waals surface area contributed by atoms with E-state index in [1.165, 1.54) is 6.42 Å². The van der Waals surface area contributed by atoms with Crippen molar-refractivity contribution in [3.8, 4) is 5.88 Å². The highest BCUT2D eigenvalue weighted by atomic mass is 16.5. The Bertz CT molecular complexity index is 356. The van der Waals surface area contributed by atoms with E-state index in [1.807, 2.05) is 7.05 Å². The van der Waals surface area contributed by atoms with Crippen LogP contribution < -0.4 is 10.1 Å². The second-order valence-corrected chi connectivity index (χ2v) is 5.53. The predicted octanol–water partition coefficient (Wildman–Crippen LogP) is 2.40. The maximum absolute atomic E-state index is 5.94. The Labute approximate surface area is 109 Å². The summed E-state index contributed by atoms with van der Waals surface area (Å²) in [5, 5.41) is 3.05. The average molecular weight is 249 g/mol. The fourth-order valence-electron chi connectivity index (χ4n) is 2.82. The molecule has 1 aromatic heterocycles. The van der Waals surface area contributed by atoms with E-state index in [1.54, 1.807) is 12.4 Å². The number of nitrogens with zero attached hydrogens (tertiary/aromatic N) is 2. The summed E-state index contributed by atoms with van der Waals surface area (Å²) in [5.41, 5.74) is 0.940. The number of hydrogen-bond donors (Lipinski definition) is 1. The van der Waals surface area contributed by atoms with Gasteiger partial charge < -0.3 is 10.1 Å². The Balaban J connectivity index is 1.92. The zero-order valence-electron chi connectivity index (χ0n) is 11.5. The van der Waals surface area contributed by atoms with Crippen LogP contribution in [0.1, 0.15) is 38.8 Å². The monoisotopic (exact) mass is 249 g/mol. The van der Waals surface area contributed by atoms with Crippen molar-refractivity contribution in [3.05, 3.63) is 18.1 Å². The second-order valence-electron chi connectivity index (χ2n) is 5.53. The molecule has 1 aliphatic carbocycles. The highest BCUT2D eigenvalue weighted by molar-refractivity contribution is 5.07. The van der Waals surface area contributed by atoms with Crippen molar-refractivity contribution in [3.63, 3.8) is 0 Å². The molecule has 0 saturated heterocycles. The Morgan fingerprint density at radius 1 is 1.17 bits per heavy atom. The molecular formula is C14H23N3O. The van der Waals surface area contributed by atoms with Crippen LogP contribution in [0.2, 0.25) is 0 Å². The highest BCUT2D eigenvalue weighted by Gasteiger charge is 2.25. The minimum Gasteiger partial charge on any atom is -0.473 e. The lowest BCUT2D eigenvalue weighted by Crippen LogP contribution is -2.28. The third kappa shape index (κ3) is 3.67. The van der Waals surface area contributed by atoms with Gasteiger partial charge in [-0.25, -0.2) is 4.98 Å². The van der Waals surface area contributed by atoms with Gasteiger partial charge in [0.1, 0.15) is 6.10 Å². The Hall–Kier alpha value is -1.16. The quantitative estimate of drug-likeness (QED) is 0.890. The fourth-order valence-corrected chi connectivity index (χ4v) is 2.82. The van der Waals surface area contributed by atoms with Crippen molar-refractivity contribution in [2.45, 2.75) is 45.8 Å². The normalized spacial score (nSPS) is 28.1. The summed E-state index contributed by atoms with van der Waals surface area (Å²) in [7, 11) is 1.90. The first-order valence-corrected chi connectivity index (χ1v) is 6.79. The molecule has 0 aromatic carbocycles. The highest BCUT2D eigenvalue weighted by Crippen LogP contribution is 2.30. The van der Waals surface area contributed by atoms with Crippen LogP contribution in [0.3, 0.4) is 0 Å². The standard InChI is InChI=1S/C14H23N3O/c1-10-4-11(2)6-13(5-10)18-14-9-16-12(7-15-3)8-17-14/h8-11,13,15H,4-7H2,1-3H3. The first-order valence-electron chi connectivity index (χ1n) is 6.79. The van der Waals surface area contributed by atoms with E-state index in [4.69, 9.17) is 4.74 Å². The van der Waals surface area contributed by atoms with Gasteiger partial charge in [0.15, 0.2) is 0 Å². The first-order chi connectivity index (χ1) is 8.67. The van der Waals surface area contributed by atoms with Gasteiger partial charge in [0, 0.05) is 6.54 Å². The molecule has 0 aliphatic heterocycles. The van der Waals surface area contributed by atoms with Crippen molar-refractivity contribution >= 4 is 0 Å². The molecule has 4 nitrogen and oxygen atoms in total. The minimum atomic E-state index is 0.299. The van der Waals surface area contributed by atoms with E-state index in [9.17, 15) is 0 Å². The molecule has 4 heteroatoms. The molecule has 2 atom stereocenters. The van der Waals surface area contributed by atoms with E-state index in [-0.39, 0.29) is 0 Å². The predicted molar refractivity (Wildman–Crippen MR) is 71.4 cm³/mol. The Morgan fingerprint density at radius 2 is 1.89 bits per heavy atom. The summed E-state index contributed by atoms with van der Waals surface area (Å²) in [6.07, 6.45) is 7.38. The van der Waals surface area contributed by atoms with Crippen LogP contribution in [0.25, 0.3) is 0 Å². The van der Waals surface area contributed by atoms with Gasteiger partial charge in [-0.05, 0) is 38.1 Å². The molecule has 0 amide bonds. The molecular weight excluding hydrogens is 226 g/mol. The van der Waals surface area contributed by atoms with Gasteiger partial charge in [-0.1, -0.05) is 13.8 Å². The van der Waals surface area contributed by atoms with E-state index in [0.717, 1.165) is 36.9 Å². The van der Waals surface area contributed by atoms with Crippen LogP contribution >= 0.6 is 0 Å². The van der Waals surface area contributed by atoms with Crippen LogP contribution in [0.5, 0.6) is 5.88 Å². The van der Waals surface area contributed by atoms with Gasteiger partial charge in [-0.2, -0.15) is 0 Å². The third-order valence-corrected chi connectivity index (χ3v) is 3.46. The van der Waals surface area contributed by atoms with Gasteiger partial charge in [-0.3, -0.25) is 4.98 Å². The lowest BCUT2D eigenvalue weighted by Gasteiger charge is -2.31. The van der Waals surface area contributed by atoms with Gasteiger partial charge in [0.05, 0.1) is 18.1 Å². The maximum atomic E-state index is 5.94. The Morgan fingerprint density at radius 3 is 2.44 bits per heavy atom. The first kappa shape index (κ1) is 13.3. The zero-order chi connectivity index (χ0) is 13.0. The van der Waals surface area contributed by atoms with Crippen molar-refractivity contribution in [1.29, 1.82) is 0 Å². The number of ether oxygens (including phenoxy) is 1. The van der Waals surface area contributed by atoms with Crippen molar-refractivity contribution in [2.24, 2.45) is 11.8 Å². The van der Waals surface area contributed by atoms with Gasteiger partial charge in [0.2, 0.25) is 5.88 Å². The summed E-state index contributed by atoms with van der Waals surface area (Å²) in [6.45, 7) is 5.34. The molecule has 100 valence electrons. The SMILES string of the molecule is CNCc1cnc(OC2CC(C)CC(C)C2)cn1. The van der Waals surface area contributed by atoms with Gasteiger partial charge in [-0.15, -0.1) is 0 Å². The van der Waals surface area contributed by atoms with Crippen LogP contribution in [-0.4, -0.2) is 23.1 Å². The fraction of sp³-hybridized carbons (Fsp3) is 0.714. The molecule has 1 saturated carbocycles. The smallest absolute Gasteiger partial charge is 0.232 e. The van der Waals surface area contributed by atoms with Crippen LogP contribution in [0, 0.1) is 11.8 Å². The number of nitrogens with one attached hydrogen (secondary N) is 1. The Kier molecular flexibility index (Phi) is 4.53. The topological polar surface area (TPSA) is 47.0 Å². The number of rotatable bonds is 4. The van der Waals surface area contributed by atoms with E-state index in [0.29, 0.717) is 12.0 Å². The molecule has 1 N–H and O–H groups in total. The lowest BCUT2D eigenvalue weighted by atomic mass is 9.82. The summed E-state index contributed by atoms with van der Waals surface area (Å²) in [5.74, 6) is 2.15. The molecule has 1 fully saturated rings. The average Bonchev–Trinajstić information content (AvgIpc) is 2.31. The summed E-state index contributed by atoms with van der Waals surface area (Å²) >= 11 is 0. The molecule has 0 bridgehead atoms. The van der Waals surface area contributed by atoms with E-state index >= 15 is 0 Å².